The van der Waals surface area contributed by atoms with Crippen LogP contribution in [-0.2, 0) is 9.47 Å². The zero-order valence-corrected chi connectivity index (χ0v) is 11.8. The van der Waals surface area contributed by atoms with Crippen molar-refractivity contribution in [3.8, 4) is 11.7 Å². The van der Waals surface area contributed by atoms with Crippen molar-refractivity contribution in [2.45, 2.75) is 25.6 Å². The van der Waals surface area contributed by atoms with Gasteiger partial charge in [0.2, 0.25) is 0 Å². The summed E-state index contributed by atoms with van der Waals surface area (Å²) in [7, 11) is 0. The van der Waals surface area contributed by atoms with E-state index >= 15 is 0 Å². The molecule has 0 radical (unpaired) electrons. The third-order valence-corrected chi connectivity index (χ3v) is 1.75. The largest absolute Gasteiger partial charge is 1.00 e. The van der Waals surface area contributed by atoms with Gasteiger partial charge in [0, 0.05) is 6.61 Å². The van der Waals surface area contributed by atoms with Crippen LogP contribution in [0.2, 0.25) is 0 Å². The van der Waals surface area contributed by atoms with Gasteiger partial charge < -0.3 is 22.4 Å². The second kappa shape index (κ2) is 8.12. The van der Waals surface area contributed by atoms with Crippen molar-refractivity contribution < 1.29 is 73.8 Å². The van der Waals surface area contributed by atoms with Crippen LogP contribution in [0, 0.1) is 11.7 Å². The fourth-order valence-corrected chi connectivity index (χ4v) is 1.13. The summed E-state index contributed by atoms with van der Waals surface area (Å²) < 4.78 is 45.0. The zero-order chi connectivity index (χ0) is 10.4. The van der Waals surface area contributed by atoms with E-state index in [1.165, 1.54) is 5.82 Å². The van der Waals surface area contributed by atoms with Crippen molar-refractivity contribution in [3.05, 3.63) is 0 Å². The summed E-state index contributed by atoms with van der Waals surface area (Å²) in [4.78, 5) is 0. The Hall–Kier alpha value is 0.971. The molecule has 0 bridgehead atoms. The molecule has 0 amide bonds. The Morgan fingerprint density at radius 2 is 2.07 bits per heavy atom. The van der Waals surface area contributed by atoms with E-state index in [1.54, 1.807) is 0 Å². The average molecular weight is 246 g/mol. The van der Waals surface area contributed by atoms with Crippen molar-refractivity contribution in [2.75, 3.05) is 13.2 Å². The number of ether oxygens (including phenoxy) is 2. The molecule has 0 spiro atoms. The first kappa shape index (κ1) is 16.0. The maximum Gasteiger partial charge on any atom is 1.00 e. The molecule has 80 valence electrons. The van der Waals surface area contributed by atoms with Crippen LogP contribution in [0.3, 0.4) is 0 Å². The van der Waals surface area contributed by atoms with Crippen molar-refractivity contribution in [2.24, 2.45) is 0 Å². The summed E-state index contributed by atoms with van der Waals surface area (Å²) in [5.41, 5.74) is 0. The molecule has 1 rings (SSSR count). The van der Waals surface area contributed by atoms with Gasteiger partial charge in [-0.2, -0.15) is 0 Å². The van der Waals surface area contributed by atoms with E-state index in [-0.39, 0.29) is 64.3 Å². The normalized spacial score (nSPS) is 21.1. The maximum atomic E-state index is 11.6. The molecule has 0 aromatic carbocycles. The zero-order valence-electron chi connectivity index (χ0n) is 8.64. The second-order valence-corrected chi connectivity index (χ2v) is 3.00. The van der Waals surface area contributed by atoms with Crippen LogP contribution in [-0.4, -0.2) is 26.5 Å². The minimum atomic E-state index is -5.02. The molecule has 0 aliphatic carbocycles. The Bertz CT molecular complexity index is 230. The van der Waals surface area contributed by atoms with Gasteiger partial charge in [0.1, 0.15) is 6.61 Å². The SMILES string of the molecule is F[B-](F)(F)C#CCOC1CCCCO1.[K+]. The third kappa shape index (κ3) is 8.75. The molecule has 7 heteroatoms. The number of rotatable bonds is 2. The summed E-state index contributed by atoms with van der Waals surface area (Å²) in [5.74, 6) is 3.12. The Labute approximate surface area is 130 Å². The quantitative estimate of drug-likeness (QED) is 0.456. The predicted octanol–water partition coefficient (Wildman–Crippen LogP) is -1.08. The van der Waals surface area contributed by atoms with Crippen LogP contribution in [0.15, 0.2) is 0 Å². The molecule has 15 heavy (non-hydrogen) atoms. The molecular weight excluding hydrogens is 235 g/mol. The molecule has 1 heterocycles. The van der Waals surface area contributed by atoms with Gasteiger partial charge in [0.25, 0.3) is 0 Å². The second-order valence-electron chi connectivity index (χ2n) is 3.00. The Morgan fingerprint density at radius 1 is 1.33 bits per heavy atom. The van der Waals surface area contributed by atoms with Crippen LogP contribution >= 0.6 is 0 Å². The smallest absolute Gasteiger partial charge is 0.438 e. The average Bonchev–Trinajstić information content (AvgIpc) is 2.13. The van der Waals surface area contributed by atoms with Gasteiger partial charge in [-0.25, -0.2) is 5.82 Å². The Balaban J connectivity index is 0.00000196. The van der Waals surface area contributed by atoms with Gasteiger partial charge >= 0.3 is 58.4 Å². The standard InChI is InChI=1S/C8H11BF3O2.K/c10-9(11,12)5-3-7-14-8-4-1-2-6-13-8;/h8H,1-2,4,6-7H2;/q-1;+1. The molecule has 0 saturated carbocycles. The molecule has 2 nitrogen and oxygen atoms in total. The molecule has 1 aliphatic heterocycles. The third-order valence-electron chi connectivity index (χ3n) is 1.75. The van der Waals surface area contributed by atoms with E-state index in [4.69, 9.17) is 9.47 Å². The molecule has 0 aromatic heterocycles. The number of hydrogen-bond acceptors (Lipinski definition) is 2. The summed E-state index contributed by atoms with van der Waals surface area (Å²) in [6.45, 7) is -4.62. The molecule has 1 unspecified atom stereocenters. The fourth-order valence-electron chi connectivity index (χ4n) is 1.13. The van der Waals surface area contributed by atoms with Gasteiger partial charge in [0.15, 0.2) is 6.29 Å². The van der Waals surface area contributed by atoms with Crippen LogP contribution in [0.5, 0.6) is 0 Å². The predicted molar refractivity (Wildman–Crippen MR) is 46.4 cm³/mol. The number of hydrogen-bond donors (Lipinski definition) is 0. The minimum absolute atomic E-state index is 0. The van der Waals surface area contributed by atoms with Crippen LogP contribution in [0.25, 0.3) is 0 Å². The van der Waals surface area contributed by atoms with Crippen LogP contribution in [0.1, 0.15) is 19.3 Å². The van der Waals surface area contributed by atoms with Gasteiger partial charge in [0.05, 0.1) is 0 Å². The molecule has 1 fully saturated rings. The van der Waals surface area contributed by atoms with Gasteiger partial charge in [-0.3, -0.25) is 0 Å². The van der Waals surface area contributed by atoms with E-state index in [1.807, 2.05) is 5.92 Å². The molecule has 1 saturated heterocycles. The van der Waals surface area contributed by atoms with Crippen LogP contribution in [0.4, 0.5) is 12.9 Å². The van der Waals surface area contributed by atoms with Gasteiger partial charge in [-0.05, 0) is 19.3 Å². The van der Waals surface area contributed by atoms with Crippen molar-refractivity contribution in [1.82, 2.24) is 0 Å². The summed E-state index contributed by atoms with van der Waals surface area (Å²) in [6.07, 6.45) is 2.33. The molecule has 0 aromatic rings. The van der Waals surface area contributed by atoms with E-state index in [0.29, 0.717) is 6.61 Å². The minimum Gasteiger partial charge on any atom is -0.438 e. The molecule has 1 aliphatic rings. The molecular formula is C8H11BF3KO2. The summed E-state index contributed by atoms with van der Waals surface area (Å²) >= 11 is 0. The summed E-state index contributed by atoms with van der Waals surface area (Å²) in [6, 6.07) is 0. The van der Waals surface area contributed by atoms with E-state index in [2.05, 4.69) is 0 Å². The first-order valence-corrected chi connectivity index (χ1v) is 4.50. The van der Waals surface area contributed by atoms with E-state index < -0.39 is 6.98 Å². The summed E-state index contributed by atoms with van der Waals surface area (Å²) in [5, 5.41) is 0. The molecule has 1 atom stereocenters. The van der Waals surface area contributed by atoms with Gasteiger partial charge in [-0.1, -0.05) is 0 Å². The molecule has 0 N–H and O–H groups in total. The topological polar surface area (TPSA) is 18.5 Å². The monoisotopic (exact) mass is 246 g/mol. The van der Waals surface area contributed by atoms with Gasteiger partial charge in [-0.15, -0.1) is 5.92 Å². The Morgan fingerprint density at radius 3 is 2.60 bits per heavy atom. The first-order valence-electron chi connectivity index (χ1n) is 4.50. The van der Waals surface area contributed by atoms with Crippen LogP contribution < -0.4 is 51.4 Å². The fraction of sp³-hybridized carbons (Fsp3) is 0.750. The number of halogens is 3. The first-order chi connectivity index (χ1) is 6.58. The maximum absolute atomic E-state index is 11.6. The van der Waals surface area contributed by atoms with Crippen molar-refractivity contribution in [3.63, 3.8) is 0 Å². The van der Waals surface area contributed by atoms with Crippen molar-refractivity contribution >= 4 is 6.98 Å². The Kier molecular flexibility index (Phi) is 8.65. The van der Waals surface area contributed by atoms with Crippen molar-refractivity contribution in [1.29, 1.82) is 0 Å². The van der Waals surface area contributed by atoms with E-state index in [9.17, 15) is 12.9 Å². The van der Waals surface area contributed by atoms with E-state index in [0.717, 1.165) is 19.3 Å².